The number of nitrogens with one attached hydrogen (secondary N) is 1. The van der Waals surface area contributed by atoms with Crippen LogP contribution in [-0.2, 0) is 9.57 Å². The summed E-state index contributed by atoms with van der Waals surface area (Å²) in [6.45, 7) is 2.51. The molecule has 32 heavy (non-hydrogen) atoms. The van der Waals surface area contributed by atoms with Crippen molar-refractivity contribution in [1.29, 1.82) is 5.26 Å². The number of hydrogen-bond acceptors (Lipinski definition) is 11. The van der Waals surface area contributed by atoms with Gasteiger partial charge in [0.05, 0.1) is 24.8 Å². The van der Waals surface area contributed by atoms with Crippen molar-refractivity contribution >= 4 is 11.7 Å². The molecular weight excluding hydrogens is 418 g/mol. The van der Waals surface area contributed by atoms with Gasteiger partial charge in [0, 0.05) is 12.0 Å². The van der Waals surface area contributed by atoms with Gasteiger partial charge in [0.2, 0.25) is 5.88 Å². The monoisotopic (exact) mass is 437 g/mol. The summed E-state index contributed by atoms with van der Waals surface area (Å²) in [5, 5.41) is 12.7. The predicted octanol–water partition coefficient (Wildman–Crippen LogP) is 1.57. The van der Waals surface area contributed by atoms with Crippen molar-refractivity contribution in [2.75, 3.05) is 18.9 Å². The standard InChI is InChI=1S/C20H19N7O5/c1-11(19-23-10-24-32-19)31-27-18(28)15-16(22)25-17(13-4-2-3-12(7-13)8-21)26-20(15)30-14-5-6-29-9-14/h2-4,7,10-11,14H,5-6,9H2,1H3,(H,27,28)(H2,22,25,26)/t11-,14+/m1/s1. The number of amides is 1. The van der Waals surface area contributed by atoms with Crippen molar-refractivity contribution in [3.8, 4) is 23.3 Å². The summed E-state index contributed by atoms with van der Waals surface area (Å²) in [4.78, 5) is 30.7. The smallest absolute Gasteiger partial charge is 0.284 e. The molecule has 4 rings (SSSR count). The van der Waals surface area contributed by atoms with Crippen LogP contribution in [0.2, 0.25) is 0 Å². The number of ether oxygens (including phenoxy) is 2. The summed E-state index contributed by atoms with van der Waals surface area (Å²) >= 11 is 0. The highest BCUT2D eigenvalue weighted by atomic mass is 16.7. The zero-order valence-corrected chi connectivity index (χ0v) is 17.0. The molecule has 2 aromatic heterocycles. The Morgan fingerprint density at radius 1 is 1.41 bits per heavy atom. The number of rotatable bonds is 7. The Labute approximate surface area is 182 Å². The van der Waals surface area contributed by atoms with Crippen LogP contribution in [0.5, 0.6) is 5.88 Å². The summed E-state index contributed by atoms with van der Waals surface area (Å²) in [5.41, 5.74) is 9.31. The van der Waals surface area contributed by atoms with Gasteiger partial charge in [0.1, 0.15) is 17.5 Å². The number of hydroxylamine groups is 1. The molecular formula is C20H19N7O5. The van der Waals surface area contributed by atoms with Crippen LogP contribution in [0.25, 0.3) is 11.4 Å². The van der Waals surface area contributed by atoms with Crippen LogP contribution in [0.1, 0.15) is 41.3 Å². The van der Waals surface area contributed by atoms with E-state index in [0.29, 0.717) is 30.8 Å². The van der Waals surface area contributed by atoms with E-state index < -0.39 is 12.0 Å². The van der Waals surface area contributed by atoms with Gasteiger partial charge in [-0.3, -0.25) is 9.63 Å². The fraction of sp³-hybridized carbons (Fsp3) is 0.300. The van der Waals surface area contributed by atoms with Crippen molar-refractivity contribution in [2.45, 2.75) is 25.6 Å². The molecule has 0 radical (unpaired) electrons. The SMILES string of the molecule is C[C@@H](ONC(=O)c1c(N)nc(-c2cccc(C#N)c2)nc1O[C@H]1CCOC1)c1ncno1. The molecule has 1 saturated heterocycles. The van der Waals surface area contributed by atoms with Crippen LogP contribution in [0.4, 0.5) is 5.82 Å². The lowest BCUT2D eigenvalue weighted by Gasteiger charge is -2.17. The van der Waals surface area contributed by atoms with Crippen molar-refractivity contribution < 1.29 is 23.6 Å². The maximum Gasteiger partial charge on any atom is 0.284 e. The van der Waals surface area contributed by atoms with Crippen molar-refractivity contribution in [3.63, 3.8) is 0 Å². The quantitative estimate of drug-likeness (QED) is 0.514. The first-order valence-corrected chi connectivity index (χ1v) is 9.70. The highest BCUT2D eigenvalue weighted by Crippen LogP contribution is 2.28. The van der Waals surface area contributed by atoms with E-state index in [1.807, 2.05) is 0 Å². The average Bonchev–Trinajstić information content (AvgIpc) is 3.51. The zero-order chi connectivity index (χ0) is 22.5. The highest BCUT2D eigenvalue weighted by molar-refractivity contribution is 6.00. The lowest BCUT2D eigenvalue weighted by atomic mass is 10.1. The molecule has 0 unspecified atom stereocenters. The van der Waals surface area contributed by atoms with E-state index >= 15 is 0 Å². The third-order valence-electron chi connectivity index (χ3n) is 4.60. The highest BCUT2D eigenvalue weighted by Gasteiger charge is 2.27. The Morgan fingerprint density at radius 3 is 3.00 bits per heavy atom. The molecule has 164 valence electrons. The fourth-order valence-corrected chi connectivity index (χ4v) is 2.98. The fourth-order valence-electron chi connectivity index (χ4n) is 2.98. The maximum absolute atomic E-state index is 12.9. The van der Waals surface area contributed by atoms with Crippen LogP contribution < -0.4 is 16.0 Å². The third-order valence-corrected chi connectivity index (χ3v) is 4.60. The summed E-state index contributed by atoms with van der Waals surface area (Å²) < 4.78 is 16.2. The van der Waals surface area contributed by atoms with Gasteiger partial charge in [-0.05, 0) is 19.1 Å². The first-order chi connectivity index (χ1) is 15.5. The second kappa shape index (κ2) is 9.38. The Hall–Kier alpha value is -4.08. The molecule has 1 aromatic carbocycles. The Kier molecular flexibility index (Phi) is 6.20. The van der Waals surface area contributed by atoms with E-state index in [9.17, 15) is 4.79 Å². The molecule has 0 saturated carbocycles. The van der Waals surface area contributed by atoms with Gasteiger partial charge in [-0.25, -0.2) is 10.5 Å². The molecule has 0 aliphatic carbocycles. The Bertz CT molecular complexity index is 1140. The number of carbonyl (C=O) groups excluding carboxylic acids is 1. The number of nitrogen functional groups attached to an aromatic ring is 1. The molecule has 2 atom stereocenters. The minimum absolute atomic E-state index is 0.0168. The topological polar surface area (TPSA) is 171 Å². The summed E-state index contributed by atoms with van der Waals surface area (Å²) in [6.07, 6.45) is 0.851. The van der Waals surface area contributed by atoms with Gasteiger partial charge >= 0.3 is 0 Å². The van der Waals surface area contributed by atoms with Gasteiger partial charge < -0.3 is 19.7 Å². The molecule has 0 spiro atoms. The number of nitriles is 1. The minimum atomic E-state index is -0.708. The van der Waals surface area contributed by atoms with Gasteiger partial charge in [0.15, 0.2) is 18.3 Å². The second-order valence-corrected chi connectivity index (χ2v) is 6.88. The first-order valence-electron chi connectivity index (χ1n) is 9.70. The van der Waals surface area contributed by atoms with Crippen molar-refractivity contribution in [2.24, 2.45) is 0 Å². The van der Waals surface area contributed by atoms with Crippen LogP contribution in [0.15, 0.2) is 35.1 Å². The Morgan fingerprint density at radius 2 is 2.28 bits per heavy atom. The van der Waals surface area contributed by atoms with E-state index in [1.54, 1.807) is 31.2 Å². The molecule has 0 bridgehead atoms. The largest absolute Gasteiger partial charge is 0.471 e. The first kappa shape index (κ1) is 21.2. The molecule has 1 aliphatic rings. The summed E-state index contributed by atoms with van der Waals surface area (Å²) in [6, 6.07) is 8.76. The molecule has 3 aromatic rings. The van der Waals surface area contributed by atoms with Crippen LogP contribution in [0.3, 0.4) is 0 Å². The zero-order valence-electron chi connectivity index (χ0n) is 17.0. The van der Waals surface area contributed by atoms with E-state index in [0.717, 1.165) is 0 Å². The van der Waals surface area contributed by atoms with Crippen LogP contribution in [-0.4, -0.2) is 45.3 Å². The molecule has 1 aliphatic heterocycles. The number of anilines is 1. The maximum atomic E-state index is 12.9. The second-order valence-electron chi connectivity index (χ2n) is 6.88. The molecule has 12 nitrogen and oxygen atoms in total. The van der Waals surface area contributed by atoms with Crippen molar-refractivity contribution in [1.82, 2.24) is 25.6 Å². The number of carbonyl (C=O) groups is 1. The molecule has 3 N–H and O–H groups in total. The Balaban J connectivity index is 1.63. The van der Waals surface area contributed by atoms with E-state index in [4.69, 9.17) is 29.8 Å². The van der Waals surface area contributed by atoms with Crippen molar-refractivity contribution in [3.05, 3.63) is 47.6 Å². The van der Waals surface area contributed by atoms with Gasteiger partial charge in [-0.1, -0.05) is 17.3 Å². The van der Waals surface area contributed by atoms with Gasteiger partial charge in [0.25, 0.3) is 11.8 Å². The summed E-state index contributed by atoms with van der Waals surface area (Å²) in [5.74, 6) is -0.443. The number of aromatic nitrogens is 4. The van der Waals surface area contributed by atoms with E-state index in [1.165, 1.54) is 6.33 Å². The lowest BCUT2D eigenvalue weighted by Crippen LogP contribution is -2.29. The van der Waals surface area contributed by atoms with Crippen LogP contribution >= 0.6 is 0 Å². The number of hydrogen-bond donors (Lipinski definition) is 2. The van der Waals surface area contributed by atoms with E-state index in [2.05, 4.69) is 31.7 Å². The van der Waals surface area contributed by atoms with Gasteiger partial charge in [-0.2, -0.15) is 15.2 Å². The molecule has 1 fully saturated rings. The number of nitrogens with zero attached hydrogens (tertiary/aromatic N) is 5. The number of benzene rings is 1. The van der Waals surface area contributed by atoms with E-state index in [-0.39, 0.29) is 35.1 Å². The summed E-state index contributed by atoms with van der Waals surface area (Å²) in [7, 11) is 0. The van der Waals surface area contributed by atoms with Gasteiger partial charge in [-0.15, -0.1) is 0 Å². The molecule has 3 heterocycles. The minimum Gasteiger partial charge on any atom is -0.471 e. The normalized spacial score (nSPS) is 16.3. The lowest BCUT2D eigenvalue weighted by molar-refractivity contribution is -0.0222. The molecule has 1 amide bonds. The number of nitrogens with two attached hydrogens (primary N) is 1. The molecule has 12 heteroatoms. The van der Waals surface area contributed by atoms with Crippen LogP contribution in [0, 0.1) is 11.3 Å². The predicted molar refractivity (Wildman–Crippen MR) is 108 cm³/mol. The average molecular weight is 437 g/mol. The third kappa shape index (κ3) is 4.64.